The maximum atomic E-state index is 12.4. The number of hydrogen-bond donors (Lipinski definition) is 3. The summed E-state index contributed by atoms with van der Waals surface area (Å²) in [5.41, 5.74) is 2.85. The van der Waals surface area contributed by atoms with Crippen molar-refractivity contribution in [1.82, 2.24) is 25.2 Å². The van der Waals surface area contributed by atoms with E-state index in [9.17, 15) is 4.79 Å². The van der Waals surface area contributed by atoms with Gasteiger partial charge in [0, 0.05) is 30.5 Å². The van der Waals surface area contributed by atoms with Crippen LogP contribution in [0.25, 0.3) is 16.9 Å². The normalized spacial score (nSPS) is 20.0. The highest BCUT2D eigenvalue weighted by Crippen LogP contribution is 2.17. The number of carbonyl (C=O) groups excluding carboxylic acids is 1. The van der Waals surface area contributed by atoms with E-state index in [0.717, 1.165) is 12.1 Å². The molecule has 0 saturated carbocycles. The van der Waals surface area contributed by atoms with E-state index in [0.29, 0.717) is 23.3 Å². The highest BCUT2D eigenvalue weighted by molar-refractivity contribution is 5.96. The lowest BCUT2D eigenvalue weighted by Gasteiger charge is -2.11. The Hall–Kier alpha value is -2.77. The molecule has 1 aliphatic heterocycles. The number of carbonyl (C=O) groups is 1. The average Bonchev–Trinajstić information content (AvgIpc) is 3.28. The first kappa shape index (κ1) is 15.7. The number of para-hydroxylation sites is 1. The van der Waals surface area contributed by atoms with Gasteiger partial charge in [-0.3, -0.25) is 9.36 Å². The molecule has 0 radical (unpaired) electrons. The molecule has 0 spiro atoms. The van der Waals surface area contributed by atoms with Crippen LogP contribution in [0.5, 0.6) is 0 Å². The van der Waals surface area contributed by atoms with E-state index in [1.807, 2.05) is 34.9 Å². The molecule has 3 aromatic rings. The zero-order valence-corrected chi connectivity index (χ0v) is 13.6. The molecule has 0 unspecified atom stereocenters. The van der Waals surface area contributed by atoms with Gasteiger partial charge in [0.1, 0.15) is 11.8 Å². The van der Waals surface area contributed by atoms with Gasteiger partial charge in [-0.05, 0) is 24.6 Å². The molecule has 2 aromatic heterocycles. The van der Waals surface area contributed by atoms with Crippen molar-refractivity contribution in [2.24, 2.45) is 0 Å². The number of amides is 1. The van der Waals surface area contributed by atoms with Crippen LogP contribution in [0.15, 0.2) is 48.9 Å². The number of aromatic nitrogens is 3. The summed E-state index contributed by atoms with van der Waals surface area (Å²) in [4.78, 5) is 21.2. The van der Waals surface area contributed by atoms with Crippen LogP contribution in [-0.2, 0) is 0 Å². The Morgan fingerprint density at radius 3 is 2.92 bits per heavy atom. The monoisotopic (exact) mass is 337 g/mol. The van der Waals surface area contributed by atoms with Crippen LogP contribution in [0.3, 0.4) is 0 Å². The van der Waals surface area contributed by atoms with Crippen molar-refractivity contribution < 1.29 is 9.90 Å². The van der Waals surface area contributed by atoms with Crippen molar-refractivity contribution in [3.8, 4) is 5.69 Å². The van der Waals surface area contributed by atoms with Gasteiger partial charge in [0.25, 0.3) is 5.91 Å². The smallest absolute Gasteiger partial charge is 0.253 e. The highest BCUT2D eigenvalue weighted by atomic mass is 16.3. The van der Waals surface area contributed by atoms with E-state index in [4.69, 9.17) is 5.11 Å². The zero-order valence-electron chi connectivity index (χ0n) is 13.6. The number of imidazole rings is 1. The summed E-state index contributed by atoms with van der Waals surface area (Å²) in [6, 6.07) is 11.6. The predicted molar refractivity (Wildman–Crippen MR) is 93.6 cm³/mol. The topological polar surface area (TPSA) is 92.1 Å². The minimum Gasteiger partial charge on any atom is -0.395 e. The second kappa shape index (κ2) is 6.62. The summed E-state index contributed by atoms with van der Waals surface area (Å²) in [6.45, 7) is 0.742. The molecule has 1 aliphatic rings. The van der Waals surface area contributed by atoms with E-state index < -0.39 is 0 Å². The molecule has 1 aromatic carbocycles. The van der Waals surface area contributed by atoms with E-state index in [1.165, 1.54) is 0 Å². The molecule has 1 amide bonds. The Morgan fingerprint density at radius 2 is 2.16 bits per heavy atom. The van der Waals surface area contributed by atoms with Gasteiger partial charge in [-0.25, -0.2) is 9.97 Å². The van der Waals surface area contributed by atoms with Gasteiger partial charge >= 0.3 is 0 Å². The van der Waals surface area contributed by atoms with Crippen molar-refractivity contribution in [2.45, 2.75) is 18.5 Å². The lowest BCUT2D eigenvalue weighted by atomic mass is 10.1. The summed E-state index contributed by atoms with van der Waals surface area (Å²) >= 11 is 0. The second-order valence-corrected chi connectivity index (χ2v) is 6.21. The summed E-state index contributed by atoms with van der Waals surface area (Å²) in [5, 5.41) is 15.3. The van der Waals surface area contributed by atoms with Crippen molar-refractivity contribution in [2.75, 3.05) is 13.2 Å². The summed E-state index contributed by atoms with van der Waals surface area (Å²) in [7, 11) is 0. The Kier molecular flexibility index (Phi) is 4.17. The van der Waals surface area contributed by atoms with Gasteiger partial charge in [-0.15, -0.1) is 0 Å². The van der Waals surface area contributed by atoms with Crippen molar-refractivity contribution >= 4 is 17.1 Å². The third-order valence-electron chi connectivity index (χ3n) is 4.46. The Balaban J connectivity index is 1.55. The summed E-state index contributed by atoms with van der Waals surface area (Å²) in [5.74, 6) is -0.172. The number of rotatable bonds is 4. The van der Waals surface area contributed by atoms with Gasteiger partial charge in [-0.2, -0.15) is 0 Å². The van der Waals surface area contributed by atoms with Gasteiger partial charge in [0.05, 0.1) is 12.2 Å². The molecule has 2 atom stereocenters. The fourth-order valence-electron chi connectivity index (χ4n) is 3.14. The van der Waals surface area contributed by atoms with Crippen molar-refractivity contribution in [3.05, 3.63) is 54.5 Å². The average molecular weight is 337 g/mol. The maximum Gasteiger partial charge on any atom is 0.253 e. The molecule has 3 heterocycles. The molecule has 0 aliphatic carbocycles. The number of aliphatic hydroxyl groups is 1. The number of nitrogens with one attached hydrogen (secondary N) is 2. The molecule has 1 saturated heterocycles. The SMILES string of the molecule is O=C(N[C@@H]1CN[C@@H](CO)C1)c1cnc2c(c1)ncn2-c1ccccc1. The van der Waals surface area contributed by atoms with Crippen molar-refractivity contribution in [3.63, 3.8) is 0 Å². The third-order valence-corrected chi connectivity index (χ3v) is 4.46. The first-order valence-electron chi connectivity index (χ1n) is 8.28. The number of pyridine rings is 1. The van der Waals surface area contributed by atoms with Crippen LogP contribution in [-0.4, -0.2) is 50.8 Å². The minimum absolute atomic E-state index is 0.0159. The molecule has 4 rings (SSSR count). The minimum atomic E-state index is -0.172. The highest BCUT2D eigenvalue weighted by Gasteiger charge is 2.25. The first-order chi connectivity index (χ1) is 12.2. The van der Waals surface area contributed by atoms with Crippen LogP contribution >= 0.6 is 0 Å². The largest absolute Gasteiger partial charge is 0.395 e. The van der Waals surface area contributed by atoms with E-state index >= 15 is 0 Å². The molecule has 7 nitrogen and oxygen atoms in total. The lowest BCUT2D eigenvalue weighted by molar-refractivity contribution is 0.0939. The Bertz CT molecular complexity index is 893. The van der Waals surface area contributed by atoms with Gasteiger partial charge < -0.3 is 15.7 Å². The number of nitrogens with zero attached hydrogens (tertiary/aromatic N) is 3. The van der Waals surface area contributed by atoms with Crippen molar-refractivity contribution in [1.29, 1.82) is 0 Å². The van der Waals surface area contributed by atoms with Crippen LogP contribution in [0.1, 0.15) is 16.8 Å². The second-order valence-electron chi connectivity index (χ2n) is 6.21. The predicted octanol–water partition coefficient (Wildman–Crippen LogP) is 0.873. The molecular weight excluding hydrogens is 318 g/mol. The standard InChI is InChI=1S/C18H19N5O2/c24-10-14-7-13(9-19-14)22-18(25)12-6-16-17(20-8-12)23(11-21-16)15-4-2-1-3-5-15/h1-6,8,11,13-14,19,24H,7,9-10H2,(H,22,25)/t13-,14+/m0/s1. The van der Waals surface area contributed by atoms with E-state index in [1.54, 1.807) is 18.6 Å². The van der Waals surface area contributed by atoms with Gasteiger partial charge in [0.2, 0.25) is 0 Å². The zero-order chi connectivity index (χ0) is 17.2. The van der Waals surface area contributed by atoms with Crippen LogP contribution in [0.4, 0.5) is 0 Å². The van der Waals surface area contributed by atoms with Crippen LogP contribution in [0, 0.1) is 0 Å². The molecule has 0 bridgehead atoms. The molecule has 7 heteroatoms. The number of fused-ring (bicyclic) bond motifs is 1. The van der Waals surface area contributed by atoms with Crippen LogP contribution in [0.2, 0.25) is 0 Å². The summed E-state index contributed by atoms with van der Waals surface area (Å²) in [6.07, 6.45) is 4.01. The molecule has 128 valence electrons. The third kappa shape index (κ3) is 3.11. The number of benzene rings is 1. The van der Waals surface area contributed by atoms with E-state index in [-0.39, 0.29) is 24.6 Å². The molecule has 3 N–H and O–H groups in total. The van der Waals surface area contributed by atoms with E-state index in [2.05, 4.69) is 20.6 Å². The molecule has 1 fully saturated rings. The number of aliphatic hydroxyl groups excluding tert-OH is 1. The fraction of sp³-hybridized carbons (Fsp3) is 0.278. The van der Waals surface area contributed by atoms with Crippen LogP contribution < -0.4 is 10.6 Å². The Morgan fingerprint density at radius 1 is 1.32 bits per heavy atom. The summed E-state index contributed by atoms with van der Waals surface area (Å²) < 4.78 is 1.89. The number of hydrogen-bond acceptors (Lipinski definition) is 5. The molecular formula is C18H19N5O2. The first-order valence-corrected chi connectivity index (χ1v) is 8.28. The lowest BCUT2D eigenvalue weighted by Crippen LogP contribution is -2.36. The maximum absolute atomic E-state index is 12.4. The Labute approximate surface area is 144 Å². The van der Waals surface area contributed by atoms with Gasteiger partial charge in [0.15, 0.2) is 5.65 Å². The fourth-order valence-corrected chi connectivity index (χ4v) is 3.14. The molecule has 25 heavy (non-hydrogen) atoms. The van der Waals surface area contributed by atoms with Gasteiger partial charge in [-0.1, -0.05) is 18.2 Å². The quantitative estimate of drug-likeness (QED) is 0.657.